The molecule has 0 bridgehead atoms. The van der Waals surface area contributed by atoms with Gasteiger partial charge in [-0.05, 0) is 29.8 Å². The third kappa shape index (κ3) is 3.77. The van der Waals surface area contributed by atoms with Crippen LogP contribution in [0.4, 0.5) is 0 Å². The molecule has 5 nitrogen and oxygen atoms in total. The molecule has 23 heavy (non-hydrogen) atoms. The molecule has 0 fully saturated rings. The number of carboxylic acid groups (broad SMARTS) is 1. The maximum absolute atomic E-state index is 10.8. The number of nitrogens with zero attached hydrogens (tertiary/aromatic N) is 1. The van der Waals surface area contributed by atoms with Gasteiger partial charge in [0.05, 0.1) is 6.61 Å². The lowest BCUT2D eigenvalue weighted by molar-refractivity contribution is 0.0686. The second kappa shape index (κ2) is 6.79. The molecule has 2 aromatic carbocycles. The SMILES string of the molecule is O=C(O)c1cc(-c2ccc(OCCc3ccccc3)cc2)on1. The summed E-state index contributed by atoms with van der Waals surface area (Å²) in [6, 6.07) is 18.8. The summed E-state index contributed by atoms with van der Waals surface area (Å²) in [5, 5.41) is 12.3. The van der Waals surface area contributed by atoms with Crippen molar-refractivity contribution in [2.24, 2.45) is 0 Å². The standard InChI is InChI=1S/C18H15NO4/c20-18(21)16-12-17(23-19-16)14-6-8-15(9-7-14)22-11-10-13-4-2-1-3-5-13/h1-9,12H,10-11H2,(H,20,21). The van der Waals surface area contributed by atoms with E-state index < -0.39 is 5.97 Å². The Kier molecular flexibility index (Phi) is 4.38. The van der Waals surface area contributed by atoms with Crippen molar-refractivity contribution in [3.8, 4) is 17.1 Å². The summed E-state index contributed by atoms with van der Waals surface area (Å²) in [5.74, 6) is 0.0572. The number of rotatable bonds is 6. The maximum Gasteiger partial charge on any atom is 0.358 e. The largest absolute Gasteiger partial charge is 0.493 e. The van der Waals surface area contributed by atoms with Gasteiger partial charge in [-0.2, -0.15) is 0 Å². The van der Waals surface area contributed by atoms with Gasteiger partial charge in [0.2, 0.25) is 0 Å². The summed E-state index contributed by atoms with van der Waals surface area (Å²) < 4.78 is 10.7. The van der Waals surface area contributed by atoms with E-state index in [-0.39, 0.29) is 5.69 Å². The number of aromatic carboxylic acids is 1. The molecule has 1 N–H and O–H groups in total. The summed E-state index contributed by atoms with van der Waals surface area (Å²) in [7, 11) is 0. The highest BCUT2D eigenvalue weighted by molar-refractivity contribution is 5.86. The Morgan fingerprint density at radius 2 is 1.83 bits per heavy atom. The molecule has 3 rings (SSSR count). The monoisotopic (exact) mass is 309 g/mol. The van der Waals surface area contributed by atoms with Gasteiger partial charge < -0.3 is 14.4 Å². The fourth-order valence-corrected chi connectivity index (χ4v) is 2.16. The van der Waals surface area contributed by atoms with Crippen molar-refractivity contribution in [1.82, 2.24) is 5.16 Å². The average molecular weight is 309 g/mol. The smallest absolute Gasteiger partial charge is 0.358 e. The zero-order valence-corrected chi connectivity index (χ0v) is 12.3. The molecular weight excluding hydrogens is 294 g/mol. The number of aromatic nitrogens is 1. The minimum absolute atomic E-state index is 0.108. The zero-order chi connectivity index (χ0) is 16.1. The normalized spacial score (nSPS) is 10.4. The van der Waals surface area contributed by atoms with Gasteiger partial charge in [0, 0.05) is 18.1 Å². The Morgan fingerprint density at radius 1 is 1.09 bits per heavy atom. The van der Waals surface area contributed by atoms with Crippen LogP contribution in [0, 0.1) is 0 Å². The van der Waals surface area contributed by atoms with Crippen molar-refractivity contribution in [2.45, 2.75) is 6.42 Å². The highest BCUT2D eigenvalue weighted by Gasteiger charge is 2.12. The number of carbonyl (C=O) groups is 1. The van der Waals surface area contributed by atoms with E-state index in [1.165, 1.54) is 11.6 Å². The van der Waals surface area contributed by atoms with Gasteiger partial charge in [-0.1, -0.05) is 35.5 Å². The lowest BCUT2D eigenvalue weighted by Crippen LogP contribution is -2.00. The van der Waals surface area contributed by atoms with E-state index in [0.29, 0.717) is 12.4 Å². The molecule has 0 aliphatic rings. The summed E-state index contributed by atoms with van der Waals surface area (Å²) in [4.78, 5) is 10.8. The van der Waals surface area contributed by atoms with Crippen molar-refractivity contribution in [3.63, 3.8) is 0 Å². The van der Waals surface area contributed by atoms with Gasteiger partial charge in [-0.15, -0.1) is 0 Å². The van der Waals surface area contributed by atoms with Gasteiger partial charge in [-0.3, -0.25) is 0 Å². The molecule has 0 radical (unpaired) electrons. The number of benzene rings is 2. The van der Waals surface area contributed by atoms with E-state index in [9.17, 15) is 4.79 Å². The van der Waals surface area contributed by atoms with E-state index in [1.807, 2.05) is 42.5 Å². The minimum Gasteiger partial charge on any atom is -0.493 e. The average Bonchev–Trinajstić information content (AvgIpc) is 3.07. The van der Waals surface area contributed by atoms with Crippen molar-refractivity contribution in [3.05, 3.63) is 71.9 Å². The summed E-state index contributed by atoms with van der Waals surface area (Å²) in [5.41, 5.74) is 1.87. The molecular formula is C18H15NO4. The molecule has 0 amide bonds. The lowest BCUT2D eigenvalue weighted by atomic mass is 10.1. The Balaban J connectivity index is 1.59. The van der Waals surface area contributed by atoms with Crippen LogP contribution in [0.1, 0.15) is 16.1 Å². The second-order valence-electron chi connectivity index (χ2n) is 4.99. The number of carboxylic acids is 1. The van der Waals surface area contributed by atoms with Gasteiger partial charge in [0.15, 0.2) is 11.5 Å². The Bertz CT molecular complexity index is 778. The number of ether oxygens (including phenoxy) is 1. The Hall–Kier alpha value is -3.08. The zero-order valence-electron chi connectivity index (χ0n) is 12.3. The maximum atomic E-state index is 10.8. The van der Waals surface area contributed by atoms with Gasteiger partial charge in [0.25, 0.3) is 0 Å². The molecule has 0 aliphatic heterocycles. The number of hydrogen-bond donors (Lipinski definition) is 1. The molecule has 116 valence electrons. The van der Waals surface area contributed by atoms with Crippen LogP contribution in [0.2, 0.25) is 0 Å². The Labute approximate surface area is 133 Å². The fraction of sp³-hybridized carbons (Fsp3) is 0.111. The second-order valence-corrected chi connectivity index (χ2v) is 4.99. The van der Waals surface area contributed by atoms with Gasteiger partial charge in [0.1, 0.15) is 5.75 Å². The van der Waals surface area contributed by atoms with Gasteiger partial charge >= 0.3 is 5.97 Å². The van der Waals surface area contributed by atoms with Crippen LogP contribution < -0.4 is 4.74 Å². The summed E-state index contributed by atoms with van der Waals surface area (Å²) in [6.07, 6.45) is 0.840. The molecule has 0 saturated carbocycles. The van der Waals surface area contributed by atoms with Crippen molar-refractivity contribution < 1.29 is 19.2 Å². The van der Waals surface area contributed by atoms with Crippen LogP contribution in [0.3, 0.4) is 0 Å². The Morgan fingerprint density at radius 3 is 2.48 bits per heavy atom. The van der Waals surface area contributed by atoms with Crippen molar-refractivity contribution >= 4 is 5.97 Å². The molecule has 5 heteroatoms. The first-order valence-electron chi connectivity index (χ1n) is 7.19. The molecule has 0 aliphatic carbocycles. The molecule has 0 unspecified atom stereocenters. The van der Waals surface area contributed by atoms with Crippen molar-refractivity contribution in [1.29, 1.82) is 0 Å². The first-order chi connectivity index (χ1) is 11.2. The van der Waals surface area contributed by atoms with E-state index in [4.69, 9.17) is 14.4 Å². The van der Waals surface area contributed by atoms with Crippen LogP contribution in [-0.4, -0.2) is 22.8 Å². The molecule has 1 heterocycles. The predicted molar refractivity (Wildman–Crippen MR) is 84.5 cm³/mol. The van der Waals surface area contributed by atoms with Crippen LogP contribution in [0.5, 0.6) is 5.75 Å². The predicted octanol–water partition coefficient (Wildman–Crippen LogP) is 3.66. The van der Waals surface area contributed by atoms with Crippen LogP contribution >= 0.6 is 0 Å². The first-order valence-corrected chi connectivity index (χ1v) is 7.19. The lowest BCUT2D eigenvalue weighted by Gasteiger charge is -2.06. The fourth-order valence-electron chi connectivity index (χ4n) is 2.16. The summed E-state index contributed by atoms with van der Waals surface area (Å²) >= 11 is 0. The molecule has 1 aromatic heterocycles. The third-order valence-corrected chi connectivity index (χ3v) is 3.37. The van der Waals surface area contributed by atoms with E-state index >= 15 is 0 Å². The highest BCUT2D eigenvalue weighted by atomic mass is 16.5. The topological polar surface area (TPSA) is 72.6 Å². The molecule has 0 atom stereocenters. The van der Waals surface area contributed by atoms with Crippen LogP contribution in [0.25, 0.3) is 11.3 Å². The van der Waals surface area contributed by atoms with E-state index in [1.54, 1.807) is 0 Å². The first kappa shape index (κ1) is 14.8. The summed E-state index contributed by atoms with van der Waals surface area (Å²) in [6.45, 7) is 0.592. The van der Waals surface area contributed by atoms with Crippen molar-refractivity contribution in [2.75, 3.05) is 6.61 Å². The third-order valence-electron chi connectivity index (χ3n) is 3.37. The molecule has 0 saturated heterocycles. The highest BCUT2D eigenvalue weighted by Crippen LogP contribution is 2.23. The molecule has 0 spiro atoms. The van der Waals surface area contributed by atoms with Crippen LogP contribution in [-0.2, 0) is 6.42 Å². The number of hydrogen-bond acceptors (Lipinski definition) is 4. The van der Waals surface area contributed by atoms with E-state index in [2.05, 4.69) is 17.3 Å². The minimum atomic E-state index is -1.11. The molecule has 3 aromatic rings. The van der Waals surface area contributed by atoms with Gasteiger partial charge in [-0.25, -0.2) is 4.79 Å². The van der Waals surface area contributed by atoms with E-state index in [0.717, 1.165) is 17.7 Å². The quantitative estimate of drug-likeness (QED) is 0.752. The van der Waals surface area contributed by atoms with Crippen LogP contribution in [0.15, 0.2) is 65.2 Å².